The van der Waals surface area contributed by atoms with Crippen LogP contribution < -0.4 is 0 Å². The molecule has 2 aromatic carbocycles. The summed E-state index contributed by atoms with van der Waals surface area (Å²) in [7, 11) is 0. The van der Waals surface area contributed by atoms with Crippen molar-refractivity contribution in [2.45, 2.75) is 45.2 Å². The summed E-state index contributed by atoms with van der Waals surface area (Å²) >= 11 is 0. The van der Waals surface area contributed by atoms with Gasteiger partial charge < -0.3 is 9.84 Å². The molecule has 1 atom stereocenters. The van der Waals surface area contributed by atoms with Crippen LogP contribution in [0, 0.1) is 0 Å². The number of hydrogen-bond donors (Lipinski definition) is 1. The van der Waals surface area contributed by atoms with Gasteiger partial charge in [-0.1, -0.05) is 48.5 Å². The van der Waals surface area contributed by atoms with E-state index in [0.29, 0.717) is 0 Å². The standard InChI is InChI=1S/C22H25NO4/c1-14(20(24)25)23(22(2,3)4)21(26)27-13-19-17-11-7-5-9-15(17)16-10-6-8-12-18(16)19/h5-12,14,19H,13H2,1-4H3,(H,24,25). The lowest BCUT2D eigenvalue weighted by atomic mass is 9.98. The first-order valence-electron chi connectivity index (χ1n) is 9.09. The highest BCUT2D eigenvalue weighted by Gasteiger charge is 2.37. The molecule has 1 aliphatic rings. The number of benzene rings is 2. The lowest BCUT2D eigenvalue weighted by molar-refractivity contribution is -0.143. The van der Waals surface area contributed by atoms with Gasteiger partial charge in [-0.2, -0.15) is 0 Å². The van der Waals surface area contributed by atoms with E-state index in [2.05, 4.69) is 24.3 Å². The maximum Gasteiger partial charge on any atom is 0.410 e. The van der Waals surface area contributed by atoms with E-state index < -0.39 is 23.6 Å². The van der Waals surface area contributed by atoms with Gasteiger partial charge in [-0.25, -0.2) is 9.59 Å². The number of carboxylic acid groups (broad SMARTS) is 1. The maximum absolute atomic E-state index is 12.8. The molecule has 0 heterocycles. The molecule has 0 bridgehead atoms. The van der Waals surface area contributed by atoms with Gasteiger partial charge >= 0.3 is 12.1 Å². The van der Waals surface area contributed by atoms with Crippen LogP contribution in [0.2, 0.25) is 0 Å². The van der Waals surface area contributed by atoms with Gasteiger partial charge in [0.2, 0.25) is 0 Å². The minimum Gasteiger partial charge on any atom is -0.480 e. The Labute approximate surface area is 159 Å². The van der Waals surface area contributed by atoms with E-state index in [0.717, 1.165) is 22.3 Å². The van der Waals surface area contributed by atoms with Crippen molar-refractivity contribution in [2.24, 2.45) is 0 Å². The summed E-state index contributed by atoms with van der Waals surface area (Å²) in [5.74, 6) is -1.11. The molecule has 142 valence electrons. The summed E-state index contributed by atoms with van der Waals surface area (Å²) in [4.78, 5) is 25.5. The van der Waals surface area contributed by atoms with Gasteiger partial charge in [0, 0.05) is 11.5 Å². The number of amides is 1. The molecule has 0 aromatic heterocycles. The smallest absolute Gasteiger partial charge is 0.410 e. The van der Waals surface area contributed by atoms with Crippen molar-refractivity contribution in [3.8, 4) is 11.1 Å². The Morgan fingerprint density at radius 3 is 1.96 bits per heavy atom. The number of nitrogens with zero attached hydrogens (tertiary/aromatic N) is 1. The second-order valence-electron chi connectivity index (χ2n) is 7.86. The van der Waals surface area contributed by atoms with Crippen LogP contribution in [0.1, 0.15) is 44.7 Å². The van der Waals surface area contributed by atoms with Crippen LogP contribution in [0.3, 0.4) is 0 Å². The number of ether oxygens (including phenoxy) is 1. The predicted molar refractivity (Wildman–Crippen MR) is 104 cm³/mol. The summed E-state index contributed by atoms with van der Waals surface area (Å²) in [5.41, 5.74) is 3.89. The SMILES string of the molecule is CC(C(=O)O)N(C(=O)OCC1c2ccccc2-c2ccccc21)C(C)(C)C. The zero-order valence-electron chi connectivity index (χ0n) is 16.1. The van der Waals surface area contributed by atoms with Crippen LogP contribution in [0.15, 0.2) is 48.5 Å². The monoisotopic (exact) mass is 367 g/mol. The molecule has 27 heavy (non-hydrogen) atoms. The molecule has 1 amide bonds. The number of aliphatic carboxylic acids is 1. The molecule has 0 radical (unpaired) electrons. The lowest BCUT2D eigenvalue weighted by Gasteiger charge is -2.37. The number of hydrogen-bond acceptors (Lipinski definition) is 3. The van der Waals surface area contributed by atoms with Crippen LogP contribution >= 0.6 is 0 Å². The molecule has 0 saturated heterocycles. The summed E-state index contributed by atoms with van der Waals surface area (Å²) in [6, 6.07) is 15.2. The van der Waals surface area contributed by atoms with Gasteiger partial charge in [0.15, 0.2) is 0 Å². The Hall–Kier alpha value is -2.82. The van der Waals surface area contributed by atoms with Crippen molar-refractivity contribution in [1.82, 2.24) is 4.90 Å². The number of carboxylic acids is 1. The minimum absolute atomic E-state index is 0.0525. The van der Waals surface area contributed by atoms with E-state index in [1.807, 2.05) is 24.3 Å². The van der Waals surface area contributed by atoms with Gasteiger partial charge in [-0.3, -0.25) is 4.90 Å². The fraction of sp³-hybridized carbons (Fsp3) is 0.364. The Morgan fingerprint density at radius 2 is 1.52 bits per heavy atom. The summed E-state index contributed by atoms with van der Waals surface area (Å²) < 4.78 is 5.62. The molecule has 1 aliphatic carbocycles. The number of carbonyl (C=O) groups is 2. The van der Waals surface area contributed by atoms with Crippen molar-refractivity contribution in [2.75, 3.05) is 6.61 Å². The van der Waals surface area contributed by atoms with Crippen molar-refractivity contribution in [3.63, 3.8) is 0 Å². The Morgan fingerprint density at radius 1 is 1.04 bits per heavy atom. The fourth-order valence-corrected chi connectivity index (χ4v) is 3.79. The Bertz CT molecular complexity index is 823. The lowest BCUT2D eigenvalue weighted by Crippen LogP contribution is -2.53. The van der Waals surface area contributed by atoms with Gasteiger partial charge in [0.1, 0.15) is 12.6 Å². The molecule has 5 heteroatoms. The zero-order chi connectivity index (χ0) is 19.8. The second kappa shape index (κ2) is 7.06. The van der Waals surface area contributed by atoms with Gasteiger partial charge in [-0.15, -0.1) is 0 Å². The average Bonchev–Trinajstić information content (AvgIpc) is 2.93. The highest BCUT2D eigenvalue weighted by atomic mass is 16.6. The number of carbonyl (C=O) groups excluding carboxylic acids is 1. The molecule has 3 rings (SSSR count). The molecular weight excluding hydrogens is 342 g/mol. The maximum atomic E-state index is 12.8. The molecule has 5 nitrogen and oxygen atoms in total. The fourth-order valence-electron chi connectivity index (χ4n) is 3.79. The van der Waals surface area contributed by atoms with Gasteiger partial charge in [-0.05, 0) is 49.9 Å². The Kier molecular flexibility index (Phi) is 4.96. The topological polar surface area (TPSA) is 66.8 Å². The van der Waals surface area contributed by atoms with E-state index in [4.69, 9.17) is 4.74 Å². The first kappa shape index (κ1) is 19.0. The largest absolute Gasteiger partial charge is 0.480 e. The predicted octanol–water partition coefficient (Wildman–Crippen LogP) is 4.51. The van der Waals surface area contributed by atoms with E-state index in [1.165, 1.54) is 11.8 Å². The van der Waals surface area contributed by atoms with Crippen LogP contribution in [0.5, 0.6) is 0 Å². The van der Waals surface area contributed by atoms with Crippen LogP contribution in [0.25, 0.3) is 11.1 Å². The third-order valence-corrected chi connectivity index (χ3v) is 5.00. The normalized spacial score (nSPS) is 14.2. The average molecular weight is 367 g/mol. The third kappa shape index (κ3) is 3.54. The van der Waals surface area contributed by atoms with Gasteiger partial charge in [0.05, 0.1) is 0 Å². The van der Waals surface area contributed by atoms with Crippen LogP contribution in [-0.4, -0.2) is 40.3 Å². The van der Waals surface area contributed by atoms with Crippen molar-refractivity contribution in [1.29, 1.82) is 0 Å². The van der Waals surface area contributed by atoms with Crippen LogP contribution in [-0.2, 0) is 9.53 Å². The van der Waals surface area contributed by atoms with E-state index >= 15 is 0 Å². The first-order valence-corrected chi connectivity index (χ1v) is 9.09. The molecule has 0 saturated carbocycles. The third-order valence-electron chi connectivity index (χ3n) is 5.00. The molecule has 1 N–H and O–H groups in total. The van der Waals surface area contributed by atoms with E-state index in [1.54, 1.807) is 20.8 Å². The van der Waals surface area contributed by atoms with E-state index in [9.17, 15) is 14.7 Å². The molecule has 0 spiro atoms. The molecule has 0 fully saturated rings. The molecular formula is C22H25NO4. The number of rotatable bonds is 4. The molecule has 0 aliphatic heterocycles. The number of fused-ring (bicyclic) bond motifs is 3. The molecule has 1 unspecified atom stereocenters. The zero-order valence-corrected chi connectivity index (χ0v) is 16.1. The second-order valence-corrected chi connectivity index (χ2v) is 7.86. The Balaban J connectivity index is 1.84. The highest BCUT2D eigenvalue weighted by Crippen LogP contribution is 2.44. The minimum atomic E-state index is -1.06. The molecule has 2 aromatic rings. The summed E-state index contributed by atoms with van der Waals surface area (Å²) in [5, 5.41) is 9.36. The summed E-state index contributed by atoms with van der Waals surface area (Å²) in [6.45, 7) is 7.07. The van der Waals surface area contributed by atoms with Gasteiger partial charge in [0.25, 0.3) is 0 Å². The van der Waals surface area contributed by atoms with Crippen molar-refractivity contribution in [3.05, 3.63) is 59.7 Å². The summed E-state index contributed by atoms with van der Waals surface area (Å²) in [6.07, 6.45) is -0.612. The van der Waals surface area contributed by atoms with E-state index in [-0.39, 0.29) is 12.5 Å². The van der Waals surface area contributed by atoms with Crippen molar-refractivity contribution < 1.29 is 19.4 Å². The van der Waals surface area contributed by atoms with Crippen molar-refractivity contribution >= 4 is 12.1 Å². The first-order chi connectivity index (χ1) is 12.7. The van der Waals surface area contributed by atoms with Crippen LogP contribution in [0.4, 0.5) is 4.79 Å². The highest BCUT2D eigenvalue weighted by molar-refractivity contribution is 5.81. The quantitative estimate of drug-likeness (QED) is 0.863.